The number of amides is 1. The minimum absolute atomic E-state index is 0.165. The maximum atomic E-state index is 12.4. The lowest BCUT2D eigenvalue weighted by atomic mass is 10.0. The Morgan fingerprint density at radius 3 is 2.63 bits per heavy atom. The van der Waals surface area contributed by atoms with Crippen molar-refractivity contribution in [2.24, 2.45) is 0 Å². The van der Waals surface area contributed by atoms with Gasteiger partial charge in [-0.05, 0) is 37.4 Å². The van der Waals surface area contributed by atoms with Crippen molar-refractivity contribution >= 4 is 27.6 Å². The Morgan fingerprint density at radius 1 is 1.13 bits per heavy atom. The van der Waals surface area contributed by atoms with Crippen molar-refractivity contribution in [1.82, 2.24) is 5.32 Å². The average molecular weight is 411 g/mol. The fourth-order valence-electron chi connectivity index (χ4n) is 3.85. The fraction of sp³-hybridized carbons (Fsp3) is 0.391. The van der Waals surface area contributed by atoms with Crippen molar-refractivity contribution in [2.75, 3.05) is 39.4 Å². The van der Waals surface area contributed by atoms with E-state index in [-0.39, 0.29) is 11.5 Å². The standard InChI is InChI=1S/C23H26N2O5/c1-15-20(29-16(2)22(26)24-9-10-25-11-13-28-14-12-25)8-7-18-17-5-3-4-6-19(17)23(27)30-21(15)18/h3-8,16H,9-14H2,1-2H3,(H,24,26)/p+1/t16-/m0/s1. The summed E-state index contributed by atoms with van der Waals surface area (Å²) in [7, 11) is 0. The molecule has 7 heteroatoms. The summed E-state index contributed by atoms with van der Waals surface area (Å²) in [5.74, 6) is 0.365. The van der Waals surface area contributed by atoms with Crippen LogP contribution in [0.3, 0.4) is 0 Å². The van der Waals surface area contributed by atoms with E-state index in [1.54, 1.807) is 13.0 Å². The Kier molecular flexibility index (Phi) is 6.01. The van der Waals surface area contributed by atoms with Gasteiger partial charge in [0.05, 0.1) is 31.7 Å². The molecule has 3 aromatic rings. The zero-order valence-electron chi connectivity index (χ0n) is 17.3. The van der Waals surface area contributed by atoms with Gasteiger partial charge in [0.2, 0.25) is 0 Å². The van der Waals surface area contributed by atoms with E-state index in [4.69, 9.17) is 13.9 Å². The normalized spacial score (nSPS) is 15.9. The Hall–Kier alpha value is -2.90. The molecule has 4 rings (SSSR count). The Labute approximate surface area is 174 Å². The molecule has 1 atom stereocenters. The van der Waals surface area contributed by atoms with Crippen LogP contribution >= 0.6 is 0 Å². The monoisotopic (exact) mass is 411 g/mol. The Balaban J connectivity index is 1.46. The van der Waals surface area contributed by atoms with Crippen LogP contribution in [0.15, 0.2) is 45.6 Å². The molecule has 0 radical (unpaired) electrons. The molecule has 2 heterocycles. The maximum absolute atomic E-state index is 12.4. The van der Waals surface area contributed by atoms with Crippen LogP contribution in [0, 0.1) is 6.92 Å². The number of rotatable bonds is 6. The summed E-state index contributed by atoms with van der Waals surface area (Å²) in [6.45, 7) is 8.51. The van der Waals surface area contributed by atoms with Gasteiger partial charge in [-0.1, -0.05) is 18.2 Å². The zero-order valence-corrected chi connectivity index (χ0v) is 17.3. The van der Waals surface area contributed by atoms with Crippen LogP contribution in [0.5, 0.6) is 5.75 Å². The highest BCUT2D eigenvalue weighted by atomic mass is 16.5. The third kappa shape index (κ3) is 4.17. The van der Waals surface area contributed by atoms with E-state index in [2.05, 4.69) is 5.32 Å². The summed E-state index contributed by atoms with van der Waals surface area (Å²) in [5.41, 5.74) is 0.808. The summed E-state index contributed by atoms with van der Waals surface area (Å²) in [5, 5.41) is 5.18. The molecule has 0 aliphatic carbocycles. The maximum Gasteiger partial charge on any atom is 0.344 e. The number of carbonyl (C=O) groups excluding carboxylic acids is 1. The number of carbonyl (C=O) groups is 1. The van der Waals surface area contributed by atoms with E-state index < -0.39 is 6.10 Å². The predicted molar refractivity (Wildman–Crippen MR) is 114 cm³/mol. The molecule has 2 aromatic carbocycles. The lowest BCUT2D eigenvalue weighted by Gasteiger charge is -2.24. The quantitative estimate of drug-likeness (QED) is 0.468. The molecule has 0 bridgehead atoms. The van der Waals surface area contributed by atoms with Crippen LogP contribution < -0.4 is 20.6 Å². The van der Waals surface area contributed by atoms with Gasteiger partial charge < -0.3 is 24.1 Å². The SMILES string of the molecule is Cc1c(O[C@@H](C)C(=O)NCC[NH+]2CCOCC2)ccc2c1oc(=O)c1ccccc12. The smallest absolute Gasteiger partial charge is 0.344 e. The van der Waals surface area contributed by atoms with E-state index in [9.17, 15) is 9.59 Å². The molecule has 1 aliphatic heterocycles. The first-order valence-corrected chi connectivity index (χ1v) is 10.4. The molecule has 158 valence electrons. The van der Waals surface area contributed by atoms with Crippen molar-refractivity contribution in [3.8, 4) is 5.75 Å². The minimum atomic E-state index is -0.659. The summed E-state index contributed by atoms with van der Waals surface area (Å²) < 4.78 is 16.8. The number of benzene rings is 2. The number of hydrogen-bond donors (Lipinski definition) is 2. The lowest BCUT2D eigenvalue weighted by Crippen LogP contribution is -3.14. The van der Waals surface area contributed by atoms with E-state index in [1.807, 2.05) is 37.3 Å². The molecule has 30 heavy (non-hydrogen) atoms. The Morgan fingerprint density at radius 2 is 1.87 bits per heavy atom. The largest absolute Gasteiger partial charge is 0.480 e. The van der Waals surface area contributed by atoms with Gasteiger partial charge in [-0.3, -0.25) is 4.79 Å². The summed E-state index contributed by atoms with van der Waals surface area (Å²) in [6.07, 6.45) is -0.659. The minimum Gasteiger partial charge on any atom is -0.480 e. The number of hydrogen-bond acceptors (Lipinski definition) is 5. The number of aryl methyl sites for hydroxylation is 1. The van der Waals surface area contributed by atoms with Gasteiger partial charge in [0.1, 0.15) is 24.4 Å². The van der Waals surface area contributed by atoms with Crippen LogP contribution in [-0.4, -0.2) is 51.4 Å². The summed E-state index contributed by atoms with van der Waals surface area (Å²) in [6, 6.07) is 11.1. The van der Waals surface area contributed by atoms with Crippen molar-refractivity contribution in [3.05, 3.63) is 52.4 Å². The first kappa shape index (κ1) is 20.4. The molecule has 1 aromatic heterocycles. The van der Waals surface area contributed by atoms with Crippen LogP contribution in [-0.2, 0) is 9.53 Å². The third-order valence-electron chi connectivity index (χ3n) is 5.64. The molecule has 1 amide bonds. The van der Waals surface area contributed by atoms with Crippen LogP contribution in [0.1, 0.15) is 12.5 Å². The third-order valence-corrected chi connectivity index (χ3v) is 5.64. The second kappa shape index (κ2) is 8.85. The second-order valence-electron chi connectivity index (χ2n) is 7.66. The molecule has 1 saturated heterocycles. The highest BCUT2D eigenvalue weighted by molar-refractivity contribution is 6.05. The van der Waals surface area contributed by atoms with Gasteiger partial charge in [0, 0.05) is 10.9 Å². The lowest BCUT2D eigenvalue weighted by molar-refractivity contribution is -0.906. The van der Waals surface area contributed by atoms with Gasteiger partial charge in [-0.25, -0.2) is 4.79 Å². The van der Waals surface area contributed by atoms with E-state index in [0.29, 0.717) is 28.8 Å². The van der Waals surface area contributed by atoms with E-state index in [1.165, 1.54) is 4.90 Å². The van der Waals surface area contributed by atoms with Crippen molar-refractivity contribution in [2.45, 2.75) is 20.0 Å². The predicted octanol–water partition coefficient (Wildman–Crippen LogP) is 1.05. The topological polar surface area (TPSA) is 82.2 Å². The van der Waals surface area contributed by atoms with Gasteiger partial charge in [0.25, 0.3) is 5.91 Å². The van der Waals surface area contributed by atoms with Crippen molar-refractivity contribution in [3.63, 3.8) is 0 Å². The van der Waals surface area contributed by atoms with Crippen molar-refractivity contribution < 1.29 is 23.6 Å². The first-order valence-electron chi connectivity index (χ1n) is 10.4. The number of ether oxygens (including phenoxy) is 2. The zero-order chi connectivity index (χ0) is 21.1. The fourth-order valence-corrected chi connectivity index (χ4v) is 3.85. The van der Waals surface area contributed by atoms with Crippen LogP contribution in [0.4, 0.5) is 0 Å². The molecule has 0 spiro atoms. The van der Waals surface area contributed by atoms with E-state index in [0.717, 1.165) is 43.6 Å². The molecule has 2 N–H and O–H groups in total. The van der Waals surface area contributed by atoms with Crippen LogP contribution in [0.2, 0.25) is 0 Å². The molecule has 1 aliphatic rings. The van der Waals surface area contributed by atoms with Gasteiger partial charge in [-0.15, -0.1) is 0 Å². The number of quaternary nitrogens is 1. The van der Waals surface area contributed by atoms with Gasteiger partial charge in [0.15, 0.2) is 6.10 Å². The van der Waals surface area contributed by atoms with Crippen LogP contribution in [0.25, 0.3) is 21.7 Å². The molecular formula is C23H27N2O5+. The summed E-state index contributed by atoms with van der Waals surface area (Å²) >= 11 is 0. The second-order valence-corrected chi connectivity index (χ2v) is 7.66. The summed E-state index contributed by atoms with van der Waals surface area (Å²) in [4.78, 5) is 26.2. The van der Waals surface area contributed by atoms with Crippen molar-refractivity contribution in [1.29, 1.82) is 0 Å². The van der Waals surface area contributed by atoms with Gasteiger partial charge in [-0.2, -0.15) is 0 Å². The Bertz CT molecular complexity index is 1120. The molecule has 1 fully saturated rings. The van der Waals surface area contributed by atoms with E-state index >= 15 is 0 Å². The average Bonchev–Trinajstić information content (AvgIpc) is 2.77. The van der Waals surface area contributed by atoms with Gasteiger partial charge >= 0.3 is 5.63 Å². The molecule has 0 unspecified atom stereocenters. The number of morpholine rings is 1. The first-order chi connectivity index (χ1) is 14.5. The number of fused-ring (bicyclic) bond motifs is 3. The highest BCUT2D eigenvalue weighted by Gasteiger charge is 2.19. The molecule has 0 saturated carbocycles. The molecule has 7 nitrogen and oxygen atoms in total. The highest BCUT2D eigenvalue weighted by Crippen LogP contribution is 2.31. The number of nitrogens with one attached hydrogen (secondary N) is 2. The molecular weight excluding hydrogens is 384 g/mol.